The number of aryl methyl sites for hydroxylation is 1. The predicted molar refractivity (Wildman–Crippen MR) is 204 cm³/mol. The molecule has 21 heteroatoms. The fourth-order valence-corrected chi connectivity index (χ4v) is 8.26. The van der Waals surface area contributed by atoms with E-state index in [1.54, 1.807) is 6.07 Å². The van der Waals surface area contributed by atoms with Gasteiger partial charge in [-0.3, -0.25) is 18.9 Å². The van der Waals surface area contributed by atoms with Gasteiger partial charge < -0.3 is 15.2 Å². The van der Waals surface area contributed by atoms with Gasteiger partial charge in [0, 0.05) is 48.6 Å². The van der Waals surface area contributed by atoms with Crippen molar-refractivity contribution in [3.8, 4) is 23.0 Å². The predicted octanol–water partition coefficient (Wildman–Crippen LogP) is 6.43. The second-order valence-electron chi connectivity index (χ2n) is 14.8. The number of rotatable bonds is 9. The normalized spacial score (nSPS) is 17.8. The SMILES string of the molecule is C[C@@H]1Cc2c(C(F)(F)F)nn(CC(=O)N[C@@H](Cc3cc(F)cc(F)c3)c3nc(C#CC4(O)CCOCC4)ccc3-c3ccc(Cl)c4c(NS(C)(=O)=O)nn(C)c34)c2C1(F)F. The fourth-order valence-electron chi connectivity index (χ4n) is 7.53. The number of nitrogens with zero attached hydrogens (tertiary/aromatic N) is 5. The van der Waals surface area contributed by atoms with Crippen molar-refractivity contribution in [1.29, 1.82) is 0 Å². The highest BCUT2D eigenvalue weighted by atomic mass is 35.5. The Morgan fingerprint density at radius 2 is 1.75 bits per heavy atom. The summed E-state index contributed by atoms with van der Waals surface area (Å²) >= 11 is 6.59. The van der Waals surface area contributed by atoms with Crippen molar-refractivity contribution < 1.29 is 53.8 Å². The molecule has 2 aliphatic rings. The molecule has 5 aromatic rings. The summed E-state index contributed by atoms with van der Waals surface area (Å²) in [7, 11) is -2.36. The molecule has 1 aliphatic heterocycles. The first kappa shape index (κ1) is 42.9. The van der Waals surface area contributed by atoms with Gasteiger partial charge in [-0.25, -0.2) is 22.2 Å². The molecule has 3 aromatic heterocycles. The number of nitrogens with one attached hydrogen (secondary N) is 2. The van der Waals surface area contributed by atoms with Gasteiger partial charge in [-0.15, -0.1) is 0 Å². The fraction of sp³-hybridized carbons (Fsp3) is 0.385. The average Bonchev–Trinajstić information content (AvgIpc) is 3.74. The van der Waals surface area contributed by atoms with Crippen LogP contribution in [0, 0.1) is 29.4 Å². The van der Waals surface area contributed by atoms with E-state index in [2.05, 4.69) is 32.1 Å². The van der Waals surface area contributed by atoms with Crippen LogP contribution in [-0.4, -0.2) is 69.0 Å². The second kappa shape index (κ2) is 15.7. The summed E-state index contributed by atoms with van der Waals surface area (Å²) in [6.07, 6.45) is -4.88. The molecule has 7 rings (SSSR count). The van der Waals surface area contributed by atoms with Crippen LogP contribution < -0.4 is 10.0 Å². The average molecular weight is 882 g/mol. The summed E-state index contributed by atoms with van der Waals surface area (Å²) in [5.74, 6) is -2.85. The lowest BCUT2D eigenvalue weighted by molar-refractivity contribution is -0.142. The monoisotopic (exact) mass is 881 g/mol. The van der Waals surface area contributed by atoms with Crippen molar-refractivity contribution >= 4 is 44.3 Å². The van der Waals surface area contributed by atoms with Gasteiger partial charge in [-0.1, -0.05) is 30.5 Å². The van der Waals surface area contributed by atoms with E-state index in [0.29, 0.717) is 16.3 Å². The van der Waals surface area contributed by atoms with Crippen LogP contribution in [0.4, 0.5) is 36.6 Å². The zero-order chi connectivity index (χ0) is 43.5. The number of carbonyl (C=O) groups excluding carboxylic acids is 1. The number of carbonyl (C=O) groups is 1. The lowest BCUT2D eigenvalue weighted by Crippen LogP contribution is -2.35. The van der Waals surface area contributed by atoms with Gasteiger partial charge in [0.1, 0.15) is 35.2 Å². The van der Waals surface area contributed by atoms with E-state index < -0.39 is 93.6 Å². The Morgan fingerprint density at radius 3 is 2.40 bits per heavy atom. The molecule has 12 nitrogen and oxygen atoms in total. The molecule has 0 spiro atoms. The summed E-state index contributed by atoms with van der Waals surface area (Å²) in [4.78, 5) is 18.7. The summed E-state index contributed by atoms with van der Waals surface area (Å²) in [5, 5.41) is 21.7. The minimum Gasteiger partial charge on any atom is -0.381 e. The lowest BCUT2D eigenvalue weighted by atomic mass is 9.93. The molecular formula is C39H35ClF7N7O5S. The smallest absolute Gasteiger partial charge is 0.381 e. The van der Waals surface area contributed by atoms with Gasteiger partial charge in [0.25, 0.3) is 5.92 Å². The molecule has 1 fully saturated rings. The van der Waals surface area contributed by atoms with E-state index in [-0.39, 0.29) is 70.3 Å². The third kappa shape index (κ3) is 8.66. The maximum absolute atomic E-state index is 15.4. The first-order valence-corrected chi connectivity index (χ1v) is 20.6. The number of amides is 1. The highest BCUT2D eigenvalue weighted by Crippen LogP contribution is 2.49. The Morgan fingerprint density at radius 1 is 1.08 bits per heavy atom. The number of fused-ring (bicyclic) bond motifs is 2. The number of hydrogen-bond acceptors (Lipinski definition) is 8. The summed E-state index contributed by atoms with van der Waals surface area (Å²) < 4.78 is 136. The van der Waals surface area contributed by atoms with Gasteiger partial charge in [0.15, 0.2) is 11.5 Å². The van der Waals surface area contributed by atoms with Crippen molar-refractivity contribution in [2.75, 3.05) is 24.2 Å². The Balaban J connectivity index is 1.40. The highest BCUT2D eigenvalue weighted by molar-refractivity contribution is 7.92. The first-order valence-electron chi connectivity index (χ1n) is 18.3. The number of halogens is 8. The van der Waals surface area contributed by atoms with Crippen LogP contribution >= 0.6 is 11.6 Å². The molecule has 1 amide bonds. The number of sulfonamides is 1. The van der Waals surface area contributed by atoms with Crippen LogP contribution in [0.25, 0.3) is 22.0 Å². The summed E-state index contributed by atoms with van der Waals surface area (Å²) in [6.45, 7) is 0.442. The van der Waals surface area contributed by atoms with E-state index in [0.717, 1.165) is 25.3 Å². The van der Waals surface area contributed by atoms with Crippen LogP contribution in [0.15, 0.2) is 42.5 Å². The third-order valence-electron chi connectivity index (χ3n) is 10.3. The van der Waals surface area contributed by atoms with Crippen LogP contribution in [-0.2, 0) is 58.1 Å². The Hall–Kier alpha value is -5.23. The molecule has 318 valence electrons. The van der Waals surface area contributed by atoms with Crippen LogP contribution in [0.5, 0.6) is 0 Å². The minimum absolute atomic E-state index is 0.0142. The van der Waals surface area contributed by atoms with Gasteiger partial charge in [0.2, 0.25) is 15.9 Å². The third-order valence-corrected chi connectivity index (χ3v) is 11.1. The number of hydrogen-bond donors (Lipinski definition) is 3. The molecule has 60 heavy (non-hydrogen) atoms. The zero-order valence-corrected chi connectivity index (χ0v) is 33.5. The number of alkyl halides is 5. The van der Waals surface area contributed by atoms with Crippen molar-refractivity contribution in [1.82, 2.24) is 29.9 Å². The van der Waals surface area contributed by atoms with Gasteiger partial charge in [0.05, 0.1) is 47.1 Å². The number of aliphatic hydroxyl groups is 1. The summed E-state index contributed by atoms with van der Waals surface area (Å²) in [5.41, 5.74) is -4.01. The number of aromatic nitrogens is 5. The van der Waals surface area contributed by atoms with Crippen molar-refractivity contribution in [2.24, 2.45) is 13.0 Å². The maximum Gasteiger partial charge on any atom is 0.435 e. The summed E-state index contributed by atoms with van der Waals surface area (Å²) in [6, 6.07) is 7.16. The van der Waals surface area contributed by atoms with E-state index in [9.17, 15) is 40.3 Å². The first-order chi connectivity index (χ1) is 28.0. The van der Waals surface area contributed by atoms with Crippen LogP contribution in [0.1, 0.15) is 59.7 Å². The largest absolute Gasteiger partial charge is 0.435 e. The lowest BCUT2D eigenvalue weighted by Gasteiger charge is -2.26. The quantitative estimate of drug-likeness (QED) is 0.113. The zero-order valence-electron chi connectivity index (χ0n) is 31.9. The minimum atomic E-state index is -5.11. The van der Waals surface area contributed by atoms with Crippen molar-refractivity contribution in [3.63, 3.8) is 0 Å². The number of benzene rings is 2. The second-order valence-corrected chi connectivity index (χ2v) is 17.0. The molecule has 0 radical (unpaired) electrons. The Bertz CT molecular complexity index is 2680. The van der Waals surface area contributed by atoms with Crippen molar-refractivity contribution in [2.45, 2.75) is 62.9 Å². The Labute approximate surface area is 343 Å². The molecule has 1 aliphatic carbocycles. The number of anilines is 1. The molecule has 2 atom stereocenters. The number of pyridine rings is 1. The maximum atomic E-state index is 15.4. The topological polar surface area (TPSA) is 153 Å². The van der Waals surface area contributed by atoms with E-state index in [1.165, 1.54) is 29.9 Å². The van der Waals surface area contributed by atoms with E-state index in [4.69, 9.17) is 21.3 Å². The van der Waals surface area contributed by atoms with Gasteiger partial charge in [-0.05, 0) is 54.7 Å². The molecular weight excluding hydrogens is 847 g/mol. The molecule has 3 N–H and O–H groups in total. The van der Waals surface area contributed by atoms with E-state index >= 15 is 8.78 Å². The van der Waals surface area contributed by atoms with Gasteiger partial charge in [-0.2, -0.15) is 32.1 Å². The van der Waals surface area contributed by atoms with Crippen LogP contribution in [0.3, 0.4) is 0 Å². The van der Waals surface area contributed by atoms with Gasteiger partial charge >= 0.3 is 6.18 Å². The Kier molecular flexibility index (Phi) is 11.2. The standard InChI is InChI=1S/C39H35ClF7N7O5S/c1-20-14-27-34(39(45,46)47)50-54(35(27)38(20,43)44)19-30(55)49-29(17-21-15-22(41)18-23(42)16-21)32-25(5-4-24(48-32)8-9-37(56)10-12-59-13-11-37)26-6-7-28(40)31-33(26)53(2)51-36(31)52-60(3,57)58/h4-7,15-16,18,20,29,56H,10-14,17,19H2,1-3H3,(H,49,55)(H,51,52)/t20-,29+/m1/s1. The molecule has 2 aromatic carbocycles. The van der Waals surface area contributed by atoms with Crippen molar-refractivity contribution in [3.05, 3.63) is 93.0 Å². The number of ether oxygens (including phenoxy) is 1. The molecule has 0 unspecified atom stereocenters. The molecule has 1 saturated heterocycles. The van der Waals surface area contributed by atoms with Crippen LogP contribution in [0.2, 0.25) is 5.02 Å². The molecule has 0 saturated carbocycles. The highest BCUT2D eigenvalue weighted by Gasteiger charge is 2.54. The molecule has 0 bridgehead atoms. The van der Waals surface area contributed by atoms with E-state index in [1.807, 2.05) is 0 Å². The molecule has 4 heterocycles.